The van der Waals surface area contributed by atoms with Gasteiger partial charge in [0.05, 0.1) is 5.56 Å². The van der Waals surface area contributed by atoms with Gasteiger partial charge < -0.3 is 10.6 Å². The van der Waals surface area contributed by atoms with Gasteiger partial charge >= 0.3 is 6.18 Å². The van der Waals surface area contributed by atoms with Crippen molar-refractivity contribution >= 4 is 11.4 Å². The summed E-state index contributed by atoms with van der Waals surface area (Å²) in [6, 6.07) is 4.56. The van der Waals surface area contributed by atoms with Crippen LogP contribution in [0.3, 0.4) is 0 Å². The molecule has 0 bridgehead atoms. The van der Waals surface area contributed by atoms with Crippen molar-refractivity contribution in [2.45, 2.75) is 38.0 Å². The van der Waals surface area contributed by atoms with Gasteiger partial charge in [-0.15, -0.1) is 0 Å². The van der Waals surface area contributed by atoms with Gasteiger partial charge in [-0.3, -0.25) is 4.90 Å². The van der Waals surface area contributed by atoms with E-state index in [1.807, 2.05) is 11.8 Å². The van der Waals surface area contributed by atoms with E-state index in [4.69, 9.17) is 5.73 Å². The number of hydrogen-bond acceptors (Lipinski definition) is 3. The Kier molecular flexibility index (Phi) is 3.51. The zero-order chi connectivity index (χ0) is 15.2. The summed E-state index contributed by atoms with van der Waals surface area (Å²) >= 11 is 0. The molecule has 0 saturated carbocycles. The van der Waals surface area contributed by atoms with Crippen LogP contribution in [0.15, 0.2) is 18.2 Å². The van der Waals surface area contributed by atoms with E-state index in [1.165, 1.54) is 6.07 Å². The molecule has 6 heteroatoms. The third-order valence-electron chi connectivity index (χ3n) is 4.57. The molecule has 0 amide bonds. The summed E-state index contributed by atoms with van der Waals surface area (Å²) in [5.41, 5.74) is 5.33. The van der Waals surface area contributed by atoms with E-state index < -0.39 is 11.7 Å². The normalized spacial score (nSPS) is 27.0. The van der Waals surface area contributed by atoms with E-state index in [0.717, 1.165) is 32.0 Å². The van der Waals surface area contributed by atoms with Crippen LogP contribution in [-0.2, 0) is 6.18 Å². The molecule has 3 nitrogen and oxygen atoms in total. The Bertz CT molecular complexity index is 529. The molecule has 2 atom stereocenters. The van der Waals surface area contributed by atoms with Crippen LogP contribution in [0.1, 0.15) is 25.3 Å². The molecule has 21 heavy (non-hydrogen) atoms. The van der Waals surface area contributed by atoms with Crippen LogP contribution in [0.2, 0.25) is 0 Å². The number of nitrogen functional groups attached to an aromatic ring is 1. The lowest BCUT2D eigenvalue weighted by atomic mass is 10.0. The lowest BCUT2D eigenvalue weighted by Crippen LogP contribution is -2.55. The van der Waals surface area contributed by atoms with Gasteiger partial charge in [0.2, 0.25) is 0 Å². The number of benzene rings is 1. The summed E-state index contributed by atoms with van der Waals surface area (Å²) in [6.45, 7) is 4.54. The third kappa shape index (κ3) is 2.69. The molecule has 1 aromatic rings. The van der Waals surface area contributed by atoms with Crippen LogP contribution >= 0.6 is 0 Å². The van der Waals surface area contributed by atoms with Crippen LogP contribution < -0.4 is 10.6 Å². The highest BCUT2D eigenvalue weighted by atomic mass is 19.4. The molecular formula is C15H20F3N3. The average molecular weight is 299 g/mol. The second kappa shape index (κ2) is 5.09. The fourth-order valence-electron chi connectivity index (χ4n) is 3.55. The average Bonchev–Trinajstić information content (AvgIpc) is 2.84. The molecule has 2 aliphatic heterocycles. The predicted octanol–water partition coefficient (Wildman–Crippen LogP) is 2.96. The van der Waals surface area contributed by atoms with Crippen LogP contribution in [0.4, 0.5) is 24.5 Å². The van der Waals surface area contributed by atoms with Crippen LogP contribution in [-0.4, -0.2) is 36.6 Å². The molecule has 2 aliphatic rings. The van der Waals surface area contributed by atoms with Gasteiger partial charge in [-0.25, -0.2) is 0 Å². The maximum Gasteiger partial charge on any atom is 0.418 e. The minimum absolute atomic E-state index is 0.0732. The Hall–Kier alpha value is -1.43. The fraction of sp³-hybridized carbons (Fsp3) is 0.600. The van der Waals surface area contributed by atoms with Gasteiger partial charge in [0.15, 0.2) is 0 Å². The first kappa shape index (κ1) is 14.5. The molecule has 2 heterocycles. The number of fused-ring (bicyclic) bond motifs is 1. The van der Waals surface area contributed by atoms with Crippen LogP contribution in [0.5, 0.6) is 0 Å². The first-order chi connectivity index (χ1) is 9.86. The van der Waals surface area contributed by atoms with Crippen LogP contribution in [0.25, 0.3) is 0 Å². The first-order valence-corrected chi connectivity index (χ1v) is 7.33. The van der Waals surface area contributed by atoms with Gasteiger partial charge in [-0.05, 0) is 44.5 Å². The number of piperazine rings is 1. The van der Waals surface area contributed by atoms with Gasteiger partial charge in [0.1, 0.15) is 0 Å². The molecule has 0 aromatic heterocycles. The SMILES string of the molecule is CC1CN2CCCC2CN1c1ccc(N)cc1C(F)(F)F. The Balaban J connectivity index is 1.96. The van der Waals surface area contributed by atoms with Crippen molar-refractivity contribution in [3.63, 3.8) is 0 Å². The maximum atomic E-state index is 13.3. The van der Waals surface area contributed by atoms with Gasteiger partial charge in [-0.2, -0.15) is 13.2 Å². The predicted molar refractivity (Wildman–Crippen MR) is 77.3 cm³/mol. The first-order valence-electron chi connectivity index (χ1n) is 7.33. The lowest BCUT2D eigenvalue weighted by molar-refractivity contribution is -0.137. The number of hydrogen-bond donors (Lipinski definition) is 1. The van der Waals surface area contributed by atoms with Crippen molar-refractivity contribution in [3.8, 4) is 0 Å². The minimum Gasteiger partial charge on any atom is -0.399 e. The molecule has 0 spiro atoms. The topological polar surface area (TPSA) is 32.5 Å². The Morgan fingerprint density at radius 2 is 2.00 bits per heavy atom. The summed E-state index contributed by atoms with van der Waals surface area (Å²) in [7, 11) is 0. The smallest absolute Gasteiger partial charge is 0.399 e. The number of halogens is 3. The van der Waals surface area contributed by atoms with E-state index in [-0.39, 0.29) is 17.4 Å². The standard InChI is InChI=1S/C15H20F3N3/c1-10-8-20-6-2-3-12(20)9-21(10)14-5-4-11(19)7-13(14)15(16,17)18/h4-5,7,10,12H,2-3,6,8-9,19H2,1H3. The summed E-state index contributed by atoms with van der Waals surface area (Å²) < 4.78 is 39.9. The highest BCUT2D eigenvalue weighted by Crippen LogP contribution is 2.40. The summed E-state index contributed by atoms with van der Waals surface area (Å²) in [5, 5.41) is 0. The summed E-state index contributed by atoms with van der Waals surface area (Å²) in [6.07, 6.45) is -2.17. The monoisotopic (exact) mass is 299 g/mol. The minimum atomic E-state index is -4.38. The highest BCUT2D eigenvalue weighted by molar-refractivity contribution is 5.61. The molecule has 116 valence electrons. The molecule has 0 radical (unpaired) electrons. The van der Waals surface area contributed by atoms with Gasteiger partial charge in [0.25, 0.3) is 0 Å². The Morgan fingerprint density at radius 3 is 2.71 bits per heavy atom. The molecule has 2 unspecified atom stereocenters. The molecular weight excluding hydrogens is 279 g/mol. The van der Waals surface area contributed by atoms with E-state index in [1.54, 1.807) is 6.07 Å². The highest BCUT2D eigenvalue weighted by Gasteiger charge is 2.39. The van der Waals surface area contributed by atoms with Crippen molar-refractivity contribution in [1.29, 1.82) is 0 Å². The Labute approximate surface area is 122 Å². The van der Waals surface area contributed by atoms with Gasteiger partial charge in [0, 0.05) is 36.5 Å². The fourth-order valence-corrected chi connectivity index (χ4v) is 3.55. The quantitative estimate of drug-likeness (QED) is 0.809. The van der Waals surface area contributed by atoms with Gasteiger partial charge in [-0.1, -0.05) is 0 Å². The number of alkyl halides is 3. The van der Waals surface area contributed by atoms with E-state index in [2.05, 4.69) is 4.90 Å². The molecule has 1 aromatic carbocycles. The Morgan fingerprint density at radius 1 is 1.24 bits per heavy atom. The second-order valence-corrected chi connectivity index (χ2v) is 6.07. The van der Waals surface area contributed by atoms with Crippen molar-refractivity contribution < 1.29 is 13.2 Å². The number of rotatable bonds is 1. The molecule has 0 aliphatic carbocycles. The van der Waals surface area contributed by atoms with Crippen molar-refractivity contribution in [1.82, 2.24) is 4.90 Å². The zero-order valence-electron chi connectivity index (χ0n) is 12.0. The number of anilines is 2. The van der Waals surface area contributed by atoms with Crippen molar-refractivity contribution in [2.75, 3.05) is 30.3 Å². The second-order valence-electron chi connectivity index (χ2n) is 6.07. The van der Waals surface area contributed by atoms with E-state index in [0.29, 0.717) is 12.6 Å². The largest absolute Gasteiger partial charge is 0.418 e. The zero-order valence-corrected chi connectivity index (χ0v) is 12.0. The van der Waals surface area contributed by atoms with Crippen LogP contribution in [0, 0.1) is 0 Å². The maximum absolute atomic E-state index is 13.3. The van der Waals surface area contributed by atoms with Crippen molar-refractivity contribution in [3.05, 3.63) is 23.8 Å². The molecule has 2 fully saturated rings. The molecule has 3 rings (SSSR count). The van der Waals surface area contributed by atoms with E-state index >= 15 is 0 Å². The summed E-state index contributed by atoms with van der Waals surface area (Å²) in [4.78, 5) is 4.29. The summed E-state index contributed by atoms with van der Waals surface area (Å²) in [5.74, 6) is 0. The lowest BCUT2D eigenvalue weighted by Gasteiger charge is -2.44. The molecule has 2 N–H and O–H groups in total. The number of nitrogens with two attached hydrogens (primary N) is 1. The van der Waals surface area contributed by atoms with Crippen molar-refractivity contribution in [2.24, 2.45) is 0 Å². The third-order valence-corrected chi connectivity index (χ3v) is 4.57. The van der Waals surface area contributed by atoms with E-state index in [9.17, 15) is 13.2 Å². The molecule has 2 saturated heterocycles. The number of nitrogens with zero attached hydrogens (tertiary/aromatic N) is 2.